The van der Waals surface area contributed by atoms with Gasteiger partial charge in [-0.05, 0) is 18.2 Å². The number of nitrogen functional groups attached to an aromatic ring is 2. The van der Waals surface area contributed by atoms with Crippen LogP contribution < -0.4 is 11.5 Å². The predicted molar refractivity (Wildman–Crippen MR) is 68.3 cm³/mol. The third kappa shape index (κ3) is 1.50. The van der Waals surface area contributed by atoms with Gasteiger partial charge >= 0.3 is 0 Å². The average Bonchev–Trinajstić information content (AvgIpc) is 2.73. The Morgan fingerprint density at radius 1 is 0.941 bits per heavy atom. The van der Waals surface area contributed by atoms with Crippen molar-refractivity contribution in [3.05, 3.63) is 42.7 Å². The first kappa shape index (κ1) is 9.72. The van der Waals surface area contributed by atoms with Gasteiger partial charge in [0.25, 0.3) is 0 Å². The van der Waals surface area contributed by atoms with Crippen molar-refractivity contribution in [2.45, 2.75) is 0 Å². The van der Waals surface area contributed by atoms with Crippen molar-refractivity contribution in [3.63, 3.8) is 0 Å². The number of rotatable bonds is 1. The Balaban J connectivity index is 2.27. The summed E-state index contributed by atoms with van der Waals surface area (Å²) < 4.78 is 5.47. The molecule has 0 saturated carbocycles. The maximum Gasteiger partial charge on any atom is 0.134 e. The highest BCUT2D eigenvalue weighted by Gasteiger charge is 2.10. The summed E-state index contributed by atoms with van der Waals surface area (Å²) in [6, 6.07) is 11.4. The van der Waals surface area contributed by atoms with Crippen LogP contribution in [0.1, 0.15) is 0 Å². The van der Waals surface area contributed by atoms with Crippen molar-refractivity contribution in [1.29, 1.82) is 0 Å². The number of anilines is 2. The zero-order chi connectivity index (χ0) is 11.8. The SMILES string of the molecule is Nc1ccc(-c2coc3ccccc23)c(N)n1. The lowest BCUT2D eigenvalue weighted by atomic mass is 10.1. The van der Waals surface area contributed by atoms with E-state index in [0.717, 1.165) is 22.1 Å². The molecule has 4 heteroatoms. The third-order valence-electron chi connectivity index (χ3n) is 2.72. The van der Waals surface area contributed by atoms with Crippen LogP contribution in [0.4, 0.5) is 11.6 Å². The minimum absolute atomic E-state index is 0.413. The van der Waals surface area contributed by atoms with E-state index in [-0.39, 0.29) is 0 Å². The fourth-order valence-electron chi connectivity index (χ4n) is 1.90. The molecule has 84 valence electrons. The summed E-state index contributed by atoms with van der Waals surface area (Å²) in [5.74, 6) is 0.829. The van der Waals surface area contributed by atoms with Crippen molar-refractivity contribution in [2.24, 2.45) is 0 Å². The molecule has 0 unspecified atom stereocenters. The monoisotopic (exact) mass is 225 g/mol. The first-order chi connectivity index (χ1) is 8.25. The number of aromatic nitrogens is 1. The number of fused-ring (bicyclic) bond motifs is 1. The summed E-state index contributed by atoms with van der Waals surface area (Å²) in [6.45, 7) is 0. The van der Waals surface area contributed by atoms with Crippen LogP contribution in [0.5, 0.6) is 0 Å². The summed E-state index contributed by atoms with van der Waals surface area (Å²) in [4.78, 5) is 4.05. The Bertz CT molecular complexity index is 688. The van der Waals surface area contributed by atoms with Crippen LogP contribution in [-0.2, 0) is 0 Å². The van der Waals surface area contributed by atoms with E-state index in [0.29, 0.717) is 11.6 Å². The molecule has 17 heavy (non-hydrogen) atoms. The zero-order valence-corrected chi connectivity index (χ0v) is 9.05. The number of nitrogens with two attached hydrogens (primary N) is 2. The van der Waals surface area contributed by atoms with Gasteiger partial charge in [0.1, 0.15) is 17.2 Å². The molecule has 1 aromatic carbocycles. The van der Waals surface area contributed by atoms with Crippen molar-refractivity contribution >= 4 is 22.6 Å². The van der Waals surface area contributed by atoms with Crippen LogP contribution in [0.15, 0.2) is 47.1 Å². The number of hydrogen-bond donors (Lipinski definition) is 2. The smallest absolute Gasteiger partial charge is 0.134 e. The molecule has 2 aromatic heterocycles. The lowest BCUT2D eigenvalue weighted by molar-refractivity contribution is 0.617. The molecular weight excluding hydrogens is 214 g/mol. The molecule has 0 aliphatic carbocycles. The molecule has 0 amide bonds. The lowest BCUT2D eigenvalue weighted by Gasteiger charge is -2.03. The Kier molecular flexibility index (Phi) is 2.01. The fraction of sp³-hybridized carbons (Fsp3) is 0. The standard InChI is InChI=1S/C13H11N3O/c14-12-6-5-9(13(15)16-12)10-7-17-11-4-2-1-3-8(10)11/h1-7H,(H4,14,15,16). The molecule has 2 heterocycles. The lowest BCUT2D eigenvalue weighted by Crippen LogP contribution is -1.97. The highest BCUT2D eigenvalue weighted by Crippen LogP contribution is 2.33. The maximum atomic E-state index is 5.87. The molecular formula is C13H11N3O. The molecule has 0 aliphatic heterocycles. The molecule has 0 spiro atoms. The van der Waals surface area contributed by atoms with Crippen molar-refractivity contribution in [2.75, 3.05) is 11.5 Å². The molecule has 0 atom stereocenters. The first-order valence-electron chi connectivity index (χ1n) is 5.24. The number of nitrogens with zero attached hydrogens (tertiary/aromatic N) is 1. The number of pyridine rings is 1. The van der Waals surface area contributed by atoms with Gasteiger partial charge in [0, 0.05) is 16.5 Å². The topological polar surface area (TPSA) is 78.1 Å². The van der Waals surface area contributed by atoms with Crippen molar-refractivity contribution in [1.82, 2.24) is 4.98 Å². The van der Waals surface area contributed by atoms with Gasteiger partial charge in [-0.2, -0.15) is 0 Å². The van der Waals surface area contributed by atoms with Gasteiger partial charge in [-0.15, -0.1) is 0 Å². The van der Waals surface area contributed by atoms with E-state index in [1.165, 1.54) is 0 Å². The van der Waals surface area contributed by atoms with Crippen molar-refractivity contribution < 1.29 is 4.42 Å². The largest absolute Gasteiger partial charge is 0.464 e. The quantitative estimate of drug-likeness (QED) is 0.667. The predicted octanol–water partition coefficient (Wildman–Crippen LogP) is 2.66. The van der Waals surface area contributed by atoms with E-state index in [4.69, 9.17) is 15.9 Å². The first-order valence-corrected chi connectivity index (χ1v) is 5.24. The Morgan fingerprint density at radius 2 is 1.76 bits per heavy atom. The Hall–Kier alpha value is -2.49. The van der Waals surface area contributed by atoms with Crippen LogP contribution in [0, 0.1) is 0 Å². The molecule has 0 fully saturated rings. The summed E-state index contributed by atoms with van der Waals surface area (Å²) >= 11 is 0. The molecule has 4 nitrogen and oxygen atoms in total. The number of benzene rings is 1. The maximum absolute atomic E-state index is 5.87. The third-order valence-corrected chi connectivity index (χ3v) is 2.72. The second kappa shape index (κ2) is 3.52. The molecule has 0 radical (unpaired) electrons. The van der Waals surface area contributed by atoms with Gasteiger partial charge in [-0.1, -0.05) is 18.2 Å². The van der Waals surface area contributed by atoms with E-state index in [1.807, 2.05) is 30.3 Å². The minimum Gasteiger partial charge on any atom is -0.464 e. The van der Waals surface area contributed by atoms with E-state index in [1.54, 1.807) is 12.3 Å². The van der Waals surface area contributed by atoms with Crippen LogP contribution in [0.25, 0.3) is 22.1 Å². The molecule has 0 aliphatic rings. The van der Waals surface area contributed by atoms with E-state index in [9.17, 15) is 0 Å². The number of hydrogen-bond acceptors (Lipinski definition) is 4. The van der Waals surface area contributed by atoms with Gasteiger partial charge in [0.15, 0.2) is 0 Å². The van der Waals surface area contributed by atoms with E-state index in [2.05, 4.69) is 4.98 Å². The molecule has 0 saturated heterocycles. The fourth-order valence-corrected chi connectivity index (χ4v) is 1.90. The summed E-state index contributed by atoms with van der Waals surface area (Å²) in [7, 11) is 0. The normalized spacial score (nSPS) is 10.8. The van der Waals surface area contributed by atoms with E-state index >= 15 is 0 Å². The number of para-hydroxylation sites is 1. The van der Waals surface area contributed by atoms with Gasteiger partial charge in [0.05, 0.1) is 6.26 Å². The zero-order valence-electron chi connectivity index (χ0n) is 9.05. The molecule has 3 aromatic rings. The second-order valence-corrected chi connectivity index (χ2v) is 3.81. The van der Waals surface area contributed by atoms with Gasteiger partial charge in [-0.25, -0.2) is 4.98 Å². The van der Waals surface area contributed by atoms with Crippen LogP contribution in [0.3, 0.4) is 0 Å². The summed E-state index contributed by atoms with van der Waals surface area (Å²) in [6.07, 6.45) is 1.69. The van der Waals surface area contributed by atoms with Crippen LogP contribution in [0.2, 0.25) is 0 Å². The highest BCUT2D eigenvalue weighted by molar-refractivity contribution is 5.96. The van der Waals surface area contributed by atoms with E-state index < -0.39 is 0 Å². The second-order valence-electron chi connectivity index (χ2n) is 3.81. The Labute approximate surface area is 97.9 Å². The summed E-state index contributed by atoms with van der Waals surface area (Å²) in [5.41, 5.74) is 14.1. The van der Waals surface area contributed by atoms with Gasteiger partial charge in [0.2, 0.25) is 0 Å². The minimum atomic E-state index is 0.413. The van der Waals surface area contributed by atoms with Gasteiger partial charge < -0.3 is 15.9 Å². The summed E-state index contributed by atoms with van der Waals surface area (Å²) in [5, 5.41) is 1.02. The van der Waals surface area contributed by atoms with Crippen LogP contribution >= 0.6 is 0 Å². The number of furan rings is 1. The molecule has 3 rings (SSSR count). The molecule has 4 N–H and O–H groups in total. The Morgan fingerprint density at radius 3 is 2.59 bits per heavy atom. The highest BCUT2D eigenvalue weighted by atomic mass is 16.3. The average molecular weight is 225 g/mol. The van der Waals surface area contributed by atoms with Gasteiger partial charge in [-0.3, -0.25) is 0 Å². The van der Waals surface area contributed by atoms with Crippen LogP contribution in [-0.4, -0.2) is 4.98 Å². The molecule has 0 bridgehead atoms. The van der Waals surface area contributed by atoms with Crippen molar-refractivity contribution in [3.8, 4) is 11.1 Å².